The van der Waals surface area contributed by atoms with Gasteiger partial charge < -0.3 is 15.0 Å². The van der Waals surface area contributed by atoms with Gasteiger partial charge in [0, 0.05) is 36.6 Å². The number of likely N-dealkylation sites (tertiary alicyclic amines) is 1. The highest BCUT2D eigenvalue weighted by molar-refractivity contribution is 7.98. The van der Waals surface area contributed by atoms with E-state index in [1.54, 1.807) is 11.8 Å². The van der Waals surface area contributed by atoms with Crippen molar-refractivity contribution in [2.45, 2.75) is 25.5 Å². The molecule has 1 aliphatic heterocycles. The van der Waals surface area contributed by atoms with Crippen LogP contribution in [0.1, 0.15) is 31.1 Å². The summed E-state index contributed by atoms with van der Waals surface area (Å²) in [6, 6.07) is 8.10. The van der Waals surface area contributed by atoms with Crippen LogP contribution >= 0.6 is 11.8 Å². The van der Waals surface area contributed by atoms with Gasteiger partial charge in [-0.2, -0.15) is 11.8 Å². The van der Waals surface area contributed by atoms with Crippen molar-refractivity contribution in [1.29, 1.82) is 0 Å². The summed E-state index contributed by atoms with van der Waals surface area (Å²) in [6.07, 6.45) is 3.12. The Morgan fingerprint density at radius 3 is 3.09 bits per heavy atom. The van der Waals surface area contributed by atoms with Crippen molar-refractivity contribution in [3.8, 4) is 0 Å². The van der Waals surface area contributed by atoms with Crippen LogP contribution in [0.3, 0.4) is 0 Å². The molecule has 4 nitrogen and oxygen atoms in total. The summed E-state index contributed by atoms with van der Waals surface area (Å²) in [5.74, 6) is 0.466. The van der Waals surface area contributed by atoms with Crippen LogP contribution in [-0.4, -0.2) is 43.5 Å². The van der Waals surface area contributed by atoms with E-state index in [0.717, 1.165) is 38.4 Å². The second-order valence-electron chi connectivity index (χ2n) is 5.69. The lowest BCUT2D eigenvalue weighted by Crippen LogP contribution is -2.33. The average Bonchev–Trinajstić information content (AvgIpc) is 3.01. The average molecular weight is 322 g/mol. The Kier molecular flexibility index (Phi) is 6.58. The summed E-state index contributed by atoms with van der Waals surface area (Å²) in [5.41, 5.74) is 2.11. The van der Waals surface area contributed by atoms with Crippen molar-refractivity contribution in [2.24, 2.45) is 5.92 Å². The molecular formula is C17H26N2O2S. The molecule has 1 fully saturated rings. The third-order valence-electron chi connectivity index (χ3n) is 4.09. The Balaban J connectivity index is 1.90. The quantitative estimate of drug-likeness (QED) is 0.860. The zero-order chi connectivity index (χ0) is 15.9. The number of hydrogen-bond donors (Lipinski definition) is 1. The molecule has 1 heterocycles. The Bertz CT molecular complexity index is 495. The molecule has 0 aliphatic carbocycles. The molecule has 1 N–H and O–H groups in total. The lowest BCUT2D eigenvalue weighted by Gasteiger charge is -2.18. The van der Waals surface area contributed by atoms with E-state index >= 15 is 0 Å². The second kappa shape index (κ2) is 8.44. The van der Waals surface area contributed by atoms with Crippen molar-refractivity contribution in [1.82, 2.24) is 4.90 Å². The first-order valence-corrected chi connectivity index (χ1v) is 9.19. The van der Waals surface area contributed by atoms with Gasteiger partial charge in [-0.3, -0.25) is 0 Å². The molecule has 2 amide bonds. The number of urea groups is 1. The summed E-state index contributed by atoms with van der Waals surface area (Å²) < 4.78 is 5.46. The van der Waals surface area contributed by atoms with Crippen LogP contribution in [0.5, 0.6) is 0 Å². The van der Waals surface area contributed by atoms with Gasteiger partial charge in [-0.1, -0.05) is 12.1 Å². The predicted molar refractivity (Wildman–Crippen MR) is 93.6 cm³/mol. The number of amides is 2. The Morgan fingerprint density at radius 2 is 2.36 bits per heavy atom. The van der Waals surface area contributed by atoms with Gasteiger partial charge in [0.05, 0.1) is 6.61 Å². The third-order valence-corrected chi connectivity index (χ3v) is 5.07. The van der Waals surface area contributed by atoms with E-state index in [2.05, 4.69) is 30.6 Å². The van der Waals surface area contributed by atoms with E-state index in [1.807, 2.05) is 24.0 Å². The SMILES string of the molecule is CCOC[C@@H]1CCN(C(=O)Nc2cccc([C@H](C)SC)c2)C1. The van der Waals surface area contributed by atoms with Gasteiger partial charge in [0.1, 0.15) is 0 Å². The minimum atomic E-state index is -0.00652. The van der Waals surface area contributed by atoms with Crippen LogP contribution in [0.25, 0.3) is 0 Å². The van der Waals surface area contributed by atoms with E-state index < -0.39 is 0 Å². The predicted octanol–water partition coefficient (Wildman–Crippen LogP) is 4.00. The first kappa shape index (κ1) is 17.2. The van der Waals surface area contributed by atoms with E-state index in [0.29, 0.717) is 11.2 Å². The molecule has 22 heavy (non-hydrogen) atoms. The van der Waals surface area contributed by atoms with Crippen molar-refractivity contribution in [3.05, 3.63) is 29.8 Å². The monoisotopic (exact) mass is 322 g/mol. The van der Waals surface area contributed by atoms with Gasteiger partial charge in [-0.25, -0.2) is 4.79 Å². The number of carbonyl (C=O) groups is 1. The van der Waals surface area contributed by atoms with Gasteiger partial charge in [-0.05, 0) is 44.2 Å². The highest BCUT2D eigenvalue weighted by atomic mass is 32.2. The number of hydrogen-bond acceptors (Lipinski definition) is 3. The highest BCUT2D eigenvalue weighted by Gasteiger charge is 2.26. The number of ether oxygens (including phenoxy) is 1. The standard InChI is InChI=1S/C17H26N2O2S/c1-4-21-12-14-8-9-19(11-14)17(20)18-16-7-5-6-15(10-16)13(2)22-3/h5-7,10,13-14H,4,8-9,11-12H2,1-3H3,(H,18,20)/t13-,14+/m0/s1. The molecule has 0 saturated carbocycles. The normalized spacial score (nSPS) is 19.2. The number of anilines is 1. The topological polar surface area (TPSA) is 41.6 Å². The fourth-order valence-corrected chi connectivity index (χ4v) is 3.06. The maximum absolute atomic E-state index is 12.4. The molecule has 5 heteroatoms. The summed E-state index contributed by atoms with van der Waals surface area (Å²) in [4.78, 5) is 14.2. The minimum Gasteiger partial charge on any atom is -0.381 e. The van der Waals surface area contributed by atoms with Crippen molar-refractivity contribution < 1.29 is 9.53 Å². The van der Waals surface area contributed by atoms with Crippen LogP contribution in [0.4, 0.5) is 10.5 Å². The molecule has 0 bridgehead atoms. The van der Waals surface area contributed by atoms with Gasteiger partial charge in [0.15, 0.2) is 0 Å². The maximum atomic E-state index is 12.4. The third kappa shape index (κ3) is 4.65. The molecule has 0 spiro atoms. The van der Waals surface area contributed by atoms with Crippen molar-refractivity contribution in [2.75, 3.05) is 37.9 Å². The summed E-state index contributed by atoms with van der Waals surface area (Å²) in [6.45, 7) is 7.26. The lowest BCUT2D eigenvalue weighted by atomic mass is 10.1. The number of benzene rings is 1. The second-order valence-corrected chi connectivity index (χ2v) is 6.87. The van der Waals surface area contributed by atoms with Gasteiger partial charge in [0.2, 0.25) is 0 Å². The van der Waals surface area contributed by atoms with Crippen molar-refractivity contribution in [3.63, 3.8) is 0 Å². The molecular weight excluding hydrogens is 296 g/mol. The van der Waals surface area contributed by atoms with E-state index in [-0.39, 0.29) is 6.03 Å². The molecule has 1 aliphatic rings. The van der Waals surface area contributed by atoms with Gasteiger partial charge in [0.25, 0.3) is 0 Å². The maximum Gasteiger partial charge on any atom is 0.321 e. The largest absolute Gasteiger partial charge is 0.381 e. The number of rotatable bonds is 6. The first-order chi connectivity index (χ1) is 10.6. The van der Waals surface area contributed by atoms with Crippen LogP contribution in [0, 0.1) is 5.92 Å². The molecule has 1 saturated heterocycles. The molecule has 0 aromatic heterocycles. The Hall–Kier alpha value is -1.20. The first-order valence-electron chi connectivity index (χ1n) is 7.90. The fourth-order valence-electron chi connectivity index (χ4n) is 2.65. The summed E-state index contributed by atoms with van der Waals surface area (Å²) in [5, 5.41) is 3.45. The molecule has 2 rings (SSSR count). The van der Waals surface area contributed by atoms with E-state index in [4.69, 9.17) is 4.74 Å². The molecule has 0 unspecified atom stereocenters. The van der Waals surface area contributed by atoms with E-state index in [9.17, 15) is 4.79 Å². The van der Waals surface area contributed by atoms with E-state index in [1.165, 1.54) is 5.56 Å². The summed E-state index contributed by atoms with van der Waals surface area (Å²) >= 11 is 1.80. The van der Waals surface area contributed by atoms with Crippen LogP contribution in [0.2, 0.25) is 0 Å². The molecule has 122 valence electrons. The van der Waals surface area contributed by atoms with Gasteiger partial charge >= 0.3 is 6.03 Å². The van der Waals surface area contributed by atoms with Crippen LogP contribution < -0.4 is 5.32 Å². The molecule has 1 aromatic carbocycles. The Morgan fingerprint density at radius 1 is 1.55 bits per heavy atom. The Labute approximate surface area is 137 Å². The van der Waals surface area contributed by atoms with Crippen LogP contribution in [-0.2, 0) is 4.74 Å². The number of thioether (sulfide) groups is 1. The minimum absolute atomic E-state index is 0.00652. The molecule has 0 radical (unpaired) electrons. The number of nitrogens with zero attached hydrogens (tertiary/aromatic N) is 1. The molecule has 2 atom stereocenters. The van der Waals surface area contributed by atoms with Crippen molar-refractivity contribution >= 4 is 23.5 Å². The smallest absolute Gasteiger partial charge is 0.321 e. The lowest BCUT2D eigenvalue weighted by molar-refractivity contribution is 0.113. The number of nitrogens with one attached hydrogen (secondary N) is 1. The van der Waals surface area contributed by atoms with Crippen LogP contribution in [0.15, 0.2) is 24.3 Å². The fraction of sp³-hybridized carbons (Fsp3) is 0.588. The zero-order valence-corrected chi connectivity index (χ0v) is 14.5. The zero-order valence-electron chi connectivity index (χ0n) is 13.7. The summed E-state index contributed by atoms with van der Waals surface area (Å²) in [7, 11) is 0. The van der Waals surface area contributed by atoms with Gasteiger partial charge in [-0.15, -0.1) is 0 Å². The molecule has 1 aromatic rings. The highest BCUT2D eigenvalue weighted by Crippen LogP contribution is 2.27. The number of carbonyl (C=O) groups excluding carboxylic acids is 1.